The number of hydrogen-bond donors (Lipinski definition) is 0. The Morgan fingerprint density at radius 1 is 1.11 bits per heavy atom. The van der Waals surface area contributed by atoms with Crippen LogP contribution in [0.3, 0.4) is 0 Å². The summed E-state index contributed by atoms with van der Waals surface area (Å²) >= 11 is 3.36. The minimum atomic E-state index is -0.307. The first kappa shape index (κ1) is 12.0. The summed E-state index contributed by atoms with van der Waals surface area (Å²) in [5.74, 6) is -0.615. The smallest absolute Gasteiger partial charge is 0.266 e. The van der Waals surface area contributed by atoms with Gasteiger partial charge in [0.15, 0.2) is 0 Å². The molecular weight excluding hydrogens is 308 g/mol. The molecule has 1 aromatic heterocycles. The standard InChI is InChI=1S/C14H9BrN2O2/c1-8-12(15)6-9(7-16-8)17-13(18)10-4-2-3-5-11(10)14(17)19/h2-7H,1H3. The molecule has 0 saturated carbocycles. The lowest BCUT2D eigenvalue weighted by atomic mass is 10.1. The number of aryl methyl sites for hydroxylation is 1. The summed E-state index contributed by atoms with van der Waals surface area (Å²) in [5.41, 5.74) is 2.15. The van der Waals surface area contributed by atoms with Crippen molar-refractivity contribution in [1.29, 1.82) is 0 Å². The second-order valence-electron chi connectivity index (χ2n) is 4.25. The van der Waals surface area contributed by atoms with Gasteiger partial charge in [-0.1, -0.05) is 12.1 Å². The van der Waals surface area contributed by atoms with E-state index >= 15 is 0 Å². The molecule has 2 aromatic rings. The zero-order valence-electron chi connectivity index (χ0n) is 10.1. The molecule has 0 bridgehead atoms. The number of pyridine rings is 1. The van der Waals surface area contributed by atoms with Crippen LogP contribution in [0.4, 0.5) is 5.69 Å². The molecule has 94 valence electrons. The Hall–Kier alpha value is -2.01. The van der Waals surface area contributed by atoms with Gasteiger partial charge in [0.2, 0.25) is 0 Å². The van der Waals surface area contributed by atoms with Gasteiger partial charge in [-0.3, -0.25) is 14.6 Å². The van der Waals surface area contributed by atoms with Crippen molar-refractivity contribution in [2.75, 3.05) is 4.90 Å². The van der Waals surface area contributed by atoms with E-state index in [1.807, 2.05) is 6.92 Å². The lowest BCUT2D eigenvalue weighted by Gasteiger charge is -2.14. The monoisotopic (exact) mass is 316 g/mol. The number of nitrogens with zero attached hydrogens (tertiary/aromatic N) is 2. The van der Waals surface area contributed by atoms with Crippen molar-refractivity contribution in [1.82, 2.24) is 4.98 Å². The number of amides is 2. The van der Waals surface area contributed by atoms with Gasteiger partial charge in [-0.05, 0) is 41.1 Å². The largest absolute Gasteiger partial charge is 0.268 e. The van der Waals surface area contributed by atoms with E-state index in [0.717, 1.165) is 15.1 Å². The van der Waals surface area contributed by atoms with Crippen molar-refractivity contribution >= 4 is 33.4 Å². The van der Waals surface area contributed by atoms with Gasteiger partial charge in [-0.25, -0.2) is 4.90 Å². The first-order valence-corrected chi connectivity index (χ1v) is 6.49. The van der Waals surface area contributed by atoms with Crippen LogP contribution < -0.4 is 4.90 Å². The number of imide groups is 1. The number of fused-ring (bicyclic) bond motifs is 1. The fourth-order valence-electron chi connectivity index (χ4n) is 2.04. The summed E-state index contributed by atoms with van der Waals surface area (Å²) in [7, 11) is 0. The molecule has 2 heterocycles. The number of halogens is 1. The molecule has 2 amide bonds. The molecule has 1 aliphatic heterocycles. The molecule has 1 aromatic carbocycles. The highest BCUT2D eigenvalue weighted by molar-refractivity contribution is 9.10. The first-order valence-electron chi connectivity index (χ1n) is 5.69. The zero-order chi connectivity index (χ0) is 13.6. The van der Waals surface area contributed by atoms with E-state index in [4.69, 9.17) is 0 Å². The average molecular weight is 317 g/mol. The Bertz CT molecular complexity index is 677. The SMILES string of the molecule is Cc1ncc(N2C(=O)c3ccccc3C2=O)cc1Br. The van der Waals surface area contributed by atoms with E-state index < -0.39 is 0 Å². The topological polar surface area (TPSA) is 50.3 Å². The maximum Gasteiger partial charge on any atom is 0.266 e. The molecule has 0 aliphatic carbocycles. The summed E-state index contributed by atoms with van der Waals surface area (Å²) in [4.78, 5) is 29.8. The molecule has 4 nitrogen and oxygen atoms in total. The molecule has 0 atom stereocenters. The minimum Gasteiger partial charge on any atom is -0.268 e. The van der Waals surface area contributed by atoms with E-state index in [-0.39, 0.29) is 11.8 Å². The summed E-state index contributed by atoms with van der Waals surface area (Å²) in [6, 6.07) is 8.54. The number of benzene rings is 1. The van der Waals surface area contributed by atoms with E-state index in [0.29, 0.717) is 16.8 Å². The fourth-order valence-corrected chi connectivity index (χ4v) is 2.38. The van der Waals surface area contributed by atoms with Crippen LogP contribution in [0.2, 0.25) is 0 Å². The summed E-state index contributed by atoms with van der Waals surface area (Å²) < 4.78 is 0.765. The van der Waals surface area contributed by atoms with Gasteiger partial charge in [-0.2, -0.15) is 0 Å². The van der Waals surface area contributed by atoms with Gasteiger partial charge in [0.1, 0.15) is 0 Å². The van der Waals surface area contributed by atoms with Gasteiger partial charge in [0, 0.05) is 4.47 Å². The van der Waals surface area contributed by atoms with Crippen LogP contribution in [0.25, 0.3) is 0 Å². The number of carbonyl (C=O) groups excluding carboxylic acids is 2. The van der Waals surface area contributed by atoms with Crippen LogP contribution in [-0.2, 0) is 0 Å². The number of aromatic nitrogens is 1. The zero-order valence-corrected chi connectivity index (χ0v) is 11.6. The highest BCUT2D eigenvalue weighted by atomic mass is 79.9. The molecule has 0 N–H and O–H groups in total. The molecule has 0 saturated heterocycles. The predicted molar refractivity (Wildman–Crippen MR) is 74.3 cm³/mol. The summed E-state index contributed by atoms with van der Waals surface area (Å²) in [6.07, 6.45) is 1.53. The molecule has 19 heavy (non-hydrogen) atoms. The molecule has 0 fully saturated rings. The van der Waals surface area contributed by atoms with E-state index in [9.17, 15) is 9.59 Å². The third-order valence-corrected chi connectivity index (χ3v) is 3.87. The van der Waals surface area contributed by atoms with Gasteiger partial charge in [0.25, 0.3) is 11.8 Å². The lowest BCUT2D eigenvalue weighted by molar-refractivity contribution is 0.0926. The highest BCUT2D eigenvalue weighted by Crippen LogP contribution is 2.29. The molecule has 5 heteroatoms. The Balaban J connectivity index is 2.11. The predicted octanol–water partition coefficient (Wildman–Crippen LogP) is 2.95. The van der Waals surface area contributed by atoms with Gasteiger partial charge in [-0.15, -0.1) is 0 Å². The van der Waals surface area contributed by atoms with Crippen molar-refractivity contribution in [3.63, 3.8) is 0 Å². The molecule has 0 radical (unpaired) electrons. The van der Waals surface area contributed by atoms with Crippen molar-refractivity contribution in [3.8, 4) is 0 Å². The summed E-state index contributed by atoms with van der Waals surface area (Å²) in [5, 5.41) is 0. The van der Waals surface area contributed by atoms with Gasteiger partial charge < -0.3 is 0 Å². The van der Waals surface area contributed by atoms with Crippen LogP contribution in [0.1, 0.15) is 26.4 Å². The van der Waals surface area contributed by atoms with E-state index in [1.54, 1.807) is 30.3 Å². The third kappa shape index (κ3) is 1.77. The average Bonchev–Trinajstić information content (AvgIpc) is 2.66. The Morgan fingerprint density at radius 2 is 1.68 bits per heavy atom. The normalized spacial score (nSPS) is 13.9. The quantitative estimate of drug-likeness (QED) is 0.760. The van der Waals surface area contributed by atoms with E-state index in [1.165, 1.54) is 6.20 Å². The molecule has 0 unspecified atom stereocenters. The maximum absolute atomic E-state index is 12.3. The van der Waals surface area contributed by atoms with Crippen LogP contribution in [0.5, 0.6) is 0 Å². The van der Waals surface area contributed by atoms with Crippen molar-refractivity contribution in [2.45, 2.75) is 6.92 Å². The van der Waals surface area contributed by atoms with Crippen LogP contribution >= 0.6 is 15.9 Å². The molecule has 0 spiro atoms. The lowest BCUT2D eigenvalue weighted by Crippen LogP contribution is -2.29. The molecule has 3 rings (SSSR count). The Morgan fingerprint density at radius 3 is 2.21 bits per heavy atom. The minimum absolute atomic E-state index is 0.307. The number of anilines is 1. The van der Waals surface area contributed by atoms with Gasteiger partial charge >= 0.3 is 0 Å². The van der Waals surface area contributed by atoms with Crippen molar-refractivity contribution < 1.29 is 9.59 Å². The Kier molecular flexibility index (Phi) is 2.71. The van der Waals surface area contributed by atoms with Crippen LogP contribution in [0.15, 0.2) is 41.0 Å². The second kappa shape index (κ2) is 4.28. The maximum atomic E-state index is 12.3. The first-order chi connectivity index (χ1) is 9.09. The molecule has 1 aliphatic rings. The van der Waals surface area contributed by atoms with Gasteiger partial charge in [0.05, 0.1) is 28.7 Å². The van der Waals surface area contributed by atoms with Crippen LogP contribution in [-0.4, -0.2) is 16.8 Å². The third-order valence-electron chi connectivity index (χ3n) is 3.06. The second-order valence-corrected chi connectivity index (χ2v) is 5.11. The number of rotatable bonds is 1. The fraction of sp³-hybridized carbons (Fsp3) is 0.0714. The van der Waals surface area contributed by atoms with Crippen molar-refractivity contribution in [2.24, 2.45) is 0 Å². The number of carbonyl (C=O) groups is 2. The van der Waals surface area contributed by atoms with Crippen molar-refractivity contribution in [3.05, 3.63) is 57.8 Å². The van der Waals surface area contributed by atoms with Crippen LogP contribution in [0, 0.1) is 6.92 Å². The number of hydrogen-bond acceptors (Lipinski definition) is 3. The highest BCUT2D eigenvalue weighted by Gasteiger charge is 2.36. The Labute approximate surface area is 118 Å². The van der Waals surface area contributed by atoms with E-state index in [2.05, 4.69) is 20.9 Å². The molecular formula is C14H9BrN2O2. The summed E-state index contributed by atoms with van der Waals surface area (Å²) in [6.45, 7) is 1.84.